The van der Waals surface area contributed by atoms with Crippen LogP contribution < -0.4 is 0 Å². The number of hydrogen-bond acceptors (Lipinski definition) is 0. The van der Waals surface area contributed by atoms with Crippen molar-refractivity contribution in [1.29, 1.82) is 0 Å². The van der Waals surface area contributed by atoms with Gasteiger partial charge in [-0.2, -0.15) is 0 Å². The predicted molar refractivity (Wildman–Crippen MR) is 192 cm³/mol. The molecule has 4 heteroatoms. The van der Waals surface area contributed by atoms with E-state index in [1.54, 1.807) is 18.5 Å². The van der Waals surface area contributed by atoms with Crippen molar-refractivity contribution in [2.75, 3.05) is 0 Å². The Morgan fingerprint density at radius 3 is 0.800 bits per heavy atom. The summed E-state index contributed by atoms with van der Waals surface area (Å²) in [6, 6.07) is 3.24. The van der Waals surface area contributed by atoms with Crippen molar-refractivity contribution in [3.8, 4) is 0 Å². The van der Waals surface area contributed by atoms with Gasteiger partial charge in [0.2, 0.25) is 0 Å². The van der Waals surface area contributed by atoms with E-state index in [1.807, 2.05) is 0 Å². The Morgan fingerprint density at radius 1 is 0.325 bits per heavy atom. The van der Waals surface area contributed by atoms with Crippen molar-refractivity contribution in [3.05, 3.63) is 0 Å². The van der Waals surface area contributed by atoms with Crippen molar-refractivity contribution < 1.29 is 0 Å². The van der Waals surface area contributed by atoms with Crippen molar-refractivity contribution in [1.82, 2.24) is 0 Å². The summed E-state index contributed by atoms with van der Waals surface area (Å²) < 4.78 is -1.05. The summed E-state index contributed by atoms with van der Waals surface area (Å²) in [5.41, 5.74) is 0. The summed E-state index contributed by atoms with van der Waals surface area (Å²) in [6.07, 6.45) is 45.4. The zero-order valence-electron chi connectivity index (χ0n) is 27.4. The minimum atomic E-state index is -1.05. The molecule has 0 aliphatic carbocycles. The zero-order chi connectivity index (χ0) is 29.2. The minimum Gasteiger partial charge on any atom is -0.0837 e. The molecule has 0 nitrogen and oxygen atoms in total. The van der Waals surface area contributed by atoms with Gasteiger partial charge in [0.15, 0.2) is 3.79 Å². The molecule has 0 heterocycles. The highest BCUT2D eigenvalue weighted by molar-refractivity contribution is 6.67. The van der Waals surface area contributed by atoms with Crippen molar-refractivity contribution in [3.63, 3.8) is 0 Å². The van der Waals surface area contributed by atoms with E-state index in [4.69, 9.17) is 34.8 Å². The summed E-state index contributed by atoms with van der Waals surface area (Å²) in [6.45, 7) is 2.31. The lowest BCUT2D eigenvalue weighted by molar-refractivity contribution is 0.530. The van der Waals surface area contributed by atoms with E-state index in [-0.39, 0.29) is 9.52 Å². The molecule has 0 N–H and O–H groups in total. The lowest BCUT2D eigenvalue weighted by atomic mass is 10.0. The summed E-state index contributed by atoms with van der Waals surface area (Å²) >= 11 is 17.4. The molecule has 242 valence electrons. The maximum atomic E-state index is 5.79. The highest BCUT2D eigenvalue weighted by Gasteiger charge is 2.17. The Bertz CT molecular complexity index is 452. The van der Waals surface area contributed by atoms with E-state index in [0.717, 1.165) is 6.42 Å². The molecule has 0 unspecified atom stereocenters. The molecule has 0 aromatic rings. The van der Waals surface area contributed by atoms with E-state index in [9.17, 15) is 0 Å². The van der Waals surface area contributed by atoms with Crippen LogP contribution in [0.2, 0.25) is 12.1 Å². The first-order valence-electron chi connectivity index (χ1n) is 18.6. The van der Waals surface area contributed by atoms with Crippen LogP contribution in [0.5, 0.6) is 0 Å². The number of unbranched alkanes of at least 4 members (excludes halogenated alkanes) is 29. The minimum absolute atomic E-state index is 0.260. The van der Waals surface area contributed by atoms with Crippen LogP contribution in [0.25, 0.3) is 0 Å². The molecule has 0 rings (SSSR count). The summed E-state index contributed by atoms with van der Waals surface area (Å²) in [4.78, 5) is 0. The number of alkyl halides is 3. The molecule has 0 radical (unpaired) electrons. The Kier molecular flexibility index (Phi) is 35.5. The van der Waals surface area contributed by atoms with Gasteiger partial charge in [-0.25, -0.2) is 0 Å². The van der Waals surface area contributed by atoms with Gasteiger partial charge in [-0.15, -0.1) is 0 Å². The number of hydrogen-bond donors (Lipinski definition) is 0. The van der Waals surface area contributed by atoms with Gasteiger partial charge in [0.25, 0.3) is 0 Å². The molecule has 0 saturated carbocycles. The summed E-state index contributed by atoms with van der Waals surface area (Å²) in [5, 5.41) is 0. The molecular formula is C36H73Cl3Si. The second kappa shape index (κ2) is 34.6. The molecule has 0 bridgehead atoms. The van der Waals surface area contributed by atoms with Crippen molar-refractivity contribution in [2.45, 2.75) is 228 Å². The third kappa shape index (κ3) is 39.1. The van der Waals surface area contributed by atoms with Gasteiger partial charge in [-0.3, -0.25) is 0 Å². The topological polar surface area (TPSA) is 0 Å². The van der Waals surface area contributed by atoms with E-state index < -0.39 is 3.79 Å². The Balaban J connectivity index is 3.04. The Hall–Kier alpha value is 1.09. The lowest BCUT2D eigenvalue weighted by Gasteiger charge is -2.09. The third-order valence-corrected chi connectivity index (χ3v) is 11.4. The Labute approximate surface area is 271 Å². The molecule has 0 fully saturated rings. The first-order valence-corrected chi connectivity index (χ1v) is 21.8. The van der Waals surface area contributed by atoms with E-state index in [1.165, 1.54) is 186 Å². The van der Waals surface area contributed by atoms with Gasteiger partial charge in [0, 0.05) is 9.52 Å². The van der Waals surface area contributed by atoms with Gasteiger partial charge in [-0.05, 0) is 12.8 Å². The first kappa shape index (κ1) is 41.1. The van der Waals surface area contributed by atoms with Crippen LogP contribution in [0, 0.1) is 0 Å². The standard InChI is InChI=1S/C36H73Cl3Si/c1-2-3-4-5-6-7-8-9-10-13-16-19-22-25-28-31-34-40-35-32-29-26-23-20-17-14-11-12-15-18-21-24-27-30-33-36(37,38)39/h2-35,40H2,1H3. The molecule has 0 aromatic heterocycles. The second-order valence-electron chi connectivity index (χ2n) is 13.0. The second-order valence-corrected chi connectivity index (χ2v) is 17.7. The van der Waals surface area contributed by atoms with E-state index in [0.29, 0.717) is 6.42 Å². The van der Waals surface area contributed by atoms with E-state index in [2.05, 4.69) is 6.92 Å². The van der Waals surface area contributed by atoms with Crippen LogP contribution in [-0.2, 0) is 0 Å². The van der Waals surface area contributed by atoms with Crippen LogP contribution in [0.15, 0.2) is 0 Å². The maximum absolute atomic E-state index is 5.79. The van der Waals surface area contributed by atoms with Gasteiger partial charge in [-0.1, -0.05) is 246 Å². The molecule has 0 amide bonds. The van der Waals surface area contributed by atoms with Crippen molar-refractivity contribution >= 4 is 44.3 Å². The molecule has 0 spiro atoms. The fraction of sp³-hybridized carbons (Fsp3) is 1.00. The predicted octanol–water partition coefficient (Wildman–Crippen LogP) is 14.9. The average Bonchev–Trinajstić information content (AvgIpc) is 2.92. The number of rotatable bonds is 34. The van der Waals surface area contributed by atoms with Crippen molar-refractivity contribution in [2.24, 2.45) is 0 Å². The zero-order valence-corrected chi connectivity index (χ0v) is 31.1. The maximum Gasteiger partial charge on any atom is 0.190 e. The van der Waals surface area contributed by atoms with E-state index >= 15 is 0 Å². The van der Waals surface area contributed by atoms with Gasteiger partial charge in [0.1, 0.15) is 0 Å². The fourth-order valence-electron chi connectivity index (χ4n) is 6.06. The molecule has 0 atom stereocenters. The highest BCUT2D eigenvalue weighted by atomic mass is 35.6. The smallest absolute Gasteiger partial charge is 0.0837 e. The van der Waals surface area contributed by atoms with Crippen LogP contribution in [0.3, 0.4) is 0 Å². The molecule has 0 aromatic carbocycles. The van der Waals surface area contributed by atoms with Gasteiger partial charge >= 0.3 is 0 Å². The third-order valence-electron chi connectivity index (χ3n) is 8.81. The molecule has 0 aliphatic heterocycles. The van der Waals surface area contributed by atoms with Gasteiger partial charge < -0.3 is 0 Å². The monoisotopic (exact) mass is 638 g/mol. The number of halogens is 3. The molecular weight excluding hydrogens is 567 g/mol. The molecule has 0 aliphatic rings. The SMILES string of the molecule is CCCCCCCCCCCCCCCCCC[SiH2]CCCCCCCCCCCCCCCCCC(Cl)(Cl)Cl. The summed E-state index contributed by atoms with van der Waals surface area (Å²) in [7, 11) is 0.260. The van der Waals surface area contributed by atoms with Crippen LogP contribution in [0.1, 0.15) is 212 Å². The van der Waals surface area contributed by atoms with Crippen LogP contribution >= 0.6 is 34.8 Å². The highest BCUT2D eigenvalue weighted by Crippen LogP contribution is 2.32. The summed E-state index contributed by atoms with van der Waals surface area (Å²) in [5.74, 6) is 0. The largest absolute Gasteiger partial charge is 0.190 e. The quantitative estimate of drug-likeness (QED) is 0.0373. The normalized spacial score (nSPS) is 12.3. The lowest BCUT2D eigenvalue weighted by Crippen LogP contribution is -2.00. The molecule has 0 saturated heterocycles. The van der Waals surface area contributed by atoms with Crippen LogP contribution in [0.4, 0.5) is 0 Å². The molecule has 40 heavy (non-hydrogen) atoms. The van der Waals surface area contributed by atoms with Crippen LogP contribution in [-0.4, -0.2) is 13.3 Å². The average molecular weight is 640 g/mol. The Morgan fingerprint density at radius 2 is 0.550 bits per heavy atom. The van der Waals surface area contributed by atoms with Gasteiger partial charge in [0.05, 0.1) is 0 Å². The fourth-order valence-corrected chi connectivity index (χ4v) is 8.22. The first-order chi connectivity index (χ1) is 19.6.